The number of rotatable bonds is 23. The summed E-state index contributed by atoms with van der Waals surface area (Å²) >= 11 is 14.8. The first-order chi connectivity index (χ1) is 31.9. The number of aromatic nitrogens is 2. The molecule has 0 saturated heterocycles. The molecule has 29 heteroatoms. The number of pyridine rings is 2. The number of halogens is 1. The molecule has 0 spiro atoms. The third-order valence-electron chi connectivity index (χ3n) is 7.74. The van der Waals surface area contributed by atoms with Gasteiger partial charge >= 0.3 is 0 Å². The van der Waals surface area contributed by atoms with Gasteiger partial charge in [0.2, 0.25) is 11.1 Å². The van der Waals surface area contributed by atoms with Crippen LogP contribution < -0.4 is 11.1 Å². The first-order valence-corrected chi connectivity index (χ1v) is 48.8. The van der Waals surface area contributed by atoms with Crippen molar-refractivity contribution in [1.82, 2.24) is 15.3 Å². The summed E-state index contributed by atoms with van der Waals surface area (Å²) in [7, 11) is 34.5. The van der Waals surface area contributed by atoms with Crippen LogP contribution in [0.15, 0.2) is 49.1 Å². The highest BCUT2D eigenvalue weighted by molar-refractivity contribution is 8.78. The van der Waals surface area contributed by atoms with E-state index in [0.29, 0.717) is 25.9 Å². The monoisotopic (exact) mass is 1320 g/mol. The van der Waals surface area contributed by atoms with Crippen LogP contribution in [0.3, 0.4) is 0 Å². The second-order valence-corrected chi connectivity index (χ2v) is 48.4. The topological polar surface area (TPSA) is 98.0 Å². The van der Waals surface area contributed by atoms with Crippen LogP contribution in [0.25, 0.3) is 0 Å². The van der Waals surface area contributed by atoms with E-state index in [-0.39, 0.29) is 11.1 Å². The van der Waals surface area contributed by atoms with Gasteiger partial charge in [0, 0.05) is 251 Å². The summed E-state index contributed by atoms with van der Waals surface area (Å²) in [6.45, 7) is 5.70. The maximum Gasteiger partial charge on any atom is 0.221 e. The number of carbonyl (C=O) groups is 2. The van der Waals surface area contributed by atoms with Gasteiger partial charge in [-0.2, -0.15) is 0 Å². The van der Waals surface area contributed by atoms with Crippen molar-refractivity contribution < 1.29 is 9.59 Å². The zero-order valence-electron chi connectivity index (χ0n) is 36.3. The molecule has 0 bridgehead atoms. The molecule has 2 aromatic heterocycles. The van der Waals surface area contributed by atoms with E-state index in [9.17, 15) is 9.59 Å². The van der Waals surface area contributed by atoms with E-state index in [1.165, 1.54) is 114 Å². The lowest BCUT2D eigenvalue weighted by Gasteiger charge is -2.05. The minimum absolute atomic E-state index is 0.162. The van der Waals surface area contributed by atoms with Crippen molar-refractivity contribution in [3.63, 3.8) is 0 Å². The van der Waals surface area contributed by atoms with Crippen LogP contribution in [-0.4, -0.2) is 21.1 Å². The first kappa shape index (κ1) is 69.6. The summed E-state index contributed by atoms with van der Waals surface area (Å²) in [5.41, 5.74) is 7.55. The summed E-state index contributed by atoms with van der Waals surface area (Å²) < 4.78 is 0. The summed E-state index contributed by atoms with van der Waals surface area (Å²) in [5.74, 6) is 0.162. The zero-order valence-corrected chi connectivity index (χ0v) is 55.0. The van der Waals surface area contributed by atoms with Crippen LogP contribution in [0.1, 0.15) is 153 Å². The Labute approximate surface area is 461 Å². The summed E-state index contributed by atoms with van der Waals surface area (Å²) in [6, 6.07) is 7.66. The highest BCUT2D eigenvalue weighted by atomic mass is 35.5. The zero-order chi connectivity index (χ0) is 47.8. The molecule has 3 N–H and O–H groups in total. The lowest BCUT2D eigenvalue weighted by atomic mass is 10.1. The lowest BCUT2D eigenvalue weighted by Crippen LogP contribution is -2.22. The molecule has 0 aromatic carbocycles. The Kier molecular flexibility index (Phi) is 67.1. The van der Waals surface area contributed by atoms with Gasteiger partial charge in [-0.25, -0.2) is 0 Å². The molecule has 1 amide bonds. The van der Waals surface area contributed by atoms with Crippen LogP contribution in [0.4, 0.5) is 0 Å². The molecule has 0 aliphatic rings. The Hall–Kier alpha value is 2.53. The van der Waals surface area contributed by atoms with Gasteiger partial charge in [0.05, 0.1) is 0 Å². The Morgan fingerprint density at radius 3 is 1.06 bits per heavy atom. The molecular weight excluding hydrogens is 1260 g/mol. The lowest BCUT2D eigenvalue weighted by molar-refractivity contribution is -0.121. The molecule has 2 heterocycles. The molecule has 0 aliphatic carbocycles. The van der Waals surface area contributed by atoms with Crippen molar-refractivity contribution in [3.05, 3.63) is 60.2 Å². The van der Waals surface area contributed by atoms with E-state index in [0.717, 1.165) is 30.4 Å². The maximum absolute atomic E-state index is 11.7. The van der Waals surface area contributed by atoms with Crippen molar-refractivity contribution in [1.29, 1.82) is 0 Å². The van der Waals surface area contributed by atoms with Gasteiger partial charge in [-0.05, 0) is 59.8 Å². The number of hydrogen-bond donors (Lipinski definition) is 2. The summed E-state index contributed by atoms with van der Waals surface area (Å²) in [4.78, 5) is 29.9. The molecule has 0 atom stereocenters. The standard InChI is InChI=1S/C18H30N2O.C12H23ClO.C6H8N2.S22/c1-2-3-4-5-6-7-8-9-10-11-18(21)20-16-17-12-14-19-15-13-17;1-2-3-4-5-6-7-8-9-10-11-12(13)14;7-5-6-1-3-8-4-2-6;1-3-5-7-9-11-13-15-17-19-21-22-20-18-16-14-12-10-8-6-4-2/h12-15H,2-11,16H2,1H3,(H,20,21);2-11H2,1H3;1-4H,5,7H2;. The normalized spacial score (nSPS) is 9.29. The average molecular weight is 1320 g/mol. The molecule has 376 valence electrons. The van der Waals surface area contributed by atoms with Crippen molar-refractivity contribution in [2.24, 2.45) is 5.73 Å². The summed E-state index contributed by atoms with van der Waals surface area (Å²) in [5, 5.41) is 2.77. The van der Waals surface area contributed by atoms with Gasteiger partial charge in [-0.3, -0.25) is 19.6 Å². The molecule has 0 fully saturated rings. The number of carbonyl (C=O) groups excluding carboxylic acids is 2. The quantitative estimate of drug-likeness (QED) is 0.0846. The molecule has 65 heavy (non-hydrogen) atoms. The minimum Gasteiger partial charge on any atom is -0.352 e. The van der Waals surface area contributed by atoms with Crippen LogP contribution in [0.2, 0.25) is 0 Å². The van der Waals surface area contributed by atoms with E-state index in [2.05, 4.69) is 29.1 Å². The first-order valence-electron chi connectivity index (χ1n) is 20.5. The molecular formula is C36H61ClN4O2S22. The number of amides is 1. The van der Waals surface area contributed by atoms with E-state index >= 15 is 0 Å². The number of hydrogen-bond acceptors (Lipinski definition) is 7. The minimum atomic E-state index is -0.187. The maximum atomic E-state index is 11.7. The highest BCUT2D eigenvalue weighted by Crippen LogP contribution is 2.12. The van der Waals surface area contributed by atoms with E-state index in [1.54, 1.807) is 185 Å². The van der Waals surface area contributed by atoms with Crippen molar-refractivity contribution in [3.8, 4) is 0 Å². The molecule has 0 radical (unpaired) electrons. The molecule has 0 aliphatic heterocycles. The highest BCUT2D eigenvalue weighted by Gasteiger charge is 2.01. The second kappa shape index (κ2) is 62.6. The van der Waals surface area contributed by atoms with Gasteiger partial charge in [0.15, 0.2) is 0 Å². The average Bonchev–Trinajstić information content (AvgIpc) is 3.33. The third-order valence-corrected chi connectivity index (χ3v) is 50.1. The number of unbranched alkanes of at least 4 members (excludes halogenated alkanes) is 16. The van der Waals surface area contributed by atoms with Crippen molar-refractivity contribution in [2.45, 2.75) is 155 Å². The Morgan fingerprint density at radius 2 is 0.769 bits per heavy atom. The fourth-order valence-corrected chi connectivity index (χ4v) is 54.2. The largest absolute Gasteiger partial charge is 0.352 e. The van der Waals surface area contributed by atoms with E-state index in [4.69, 9.17) is 39.7 Å². The van der Waals surface area contributed by atoms with Gasteiger partial charge in [0.25, 0.3) is 0 Å². The van der Waals surface area contributed by atoms with Gasteiger partial charge < -0.3 is 11.1 Å². The number of nitrogens with zero attached hydrogens (tertiary/aromatic N) is 2. The van der Waals surface area contributed by atoms with Crippen molar-refractivity contribution >= 4 is 223 Å². The van der Waals surface area contributed by atoms with Crippen LogP contribution in [0, 0.1) is 0 Å². The third kappa shape index (κ3) is 62.6. The Bertz CT molecular complexity index is 2350. The Balaban J connectivity index is 0. The van der Waals surface area contributed by atoms with Crippen LogP contribution in [-0.2, 0) is 223 Å². The fourth-order valence-electron chi connectivity index (χ4n) is 4.68. The van der Waals surface area contributed by atoms with Gasteiger partial charge in [-0.15, -0.1) is 0 Å². The van der Waals surface area contributed by atoms with E-state index in [1.807, 2.05) is 24.3 Å². The van der Waals surface area contributed by atoms with Crippen LogP contribution in [0.5, 0.6) is 0 Å². The van der Waals surface area contributed by atoms with Crippen LogP contribution >= 0.6 is 11.6 Å². The van der Waals surface area contributed by atoms with Gasteiger partial charge in [-0.1, -0.05) is 117 Å². The predicted octanol–water partition coefficient (Wildman–Crippen LogP) is 9.78. The molecule has 0 unspecified atom stereocenters. The number of nitrogens with two attached hydrogens (primary N) is 1. The smallest absolute Gasteiger partial charge is 0.221 e. The van der Waals surface area contributed by atoms with Gasteiger partial charge in [0.1, 0.15) is 0 Å². The number of nitrogens with one attached hydrogen (secondary N) is 1. The molecule has 0 saturated carbocycles. The fraction of sp³-hybridized carbons (Fsp3) is 0.667. The SMILES string of the molecule is CCCCCCCCCCCC(=O)Cl.CCCCCCCCCCCC(=O)NCc1ccncc1.NCc1ccncc1.S=S=S=S=S=S=S=S=S=S=S=S=S=S=S=S=S=S=S=S=S=S. The van der Waals surface area contributed by atoms with E-state index < -0.39 is 0 Å². The molecule has 2 rings (SSSR count). The second-order valence-electron chi connectivity index (χ2n) is 12.6. The molecule has 2 aromatic rings. The van der Waals surface area contributed by atoms with Crippen molar-refractivity contribution in [2.75, 3.05) is 0 Å². The Morgan fingerprint density at radius 1 is 0.477 bits per heavy atom. The molecule has 6 nitrogen and oxygen atoms in total. The predicted molar refractivity (Wildman–Crippen MR) is 345 cm³/mol. The summed E-state index contributed by atoms with van der Waals surface area (Å²) in [6.07, 6.45) is 31.3.